The van der Waals surface area contributed by atoms with Crippen molar-refractivity contribution < 1.29 is 27.4 Å². The van der Waals surface area contributed by atoms with E-state index in [1.54, 1.807) is 12.1 Å². The lowest BCUT2D eigenvalue weighted by Crippen LogP contribution is -2.23. The number of carbonyl (C=O) groups is 1. The third-order valence-electron chi connectivity index (χ3n) is 7.94. The number of nitrogens with zero attached hydrogens (tertiary/aromatic N) is 1. The number of likely N-dealkylation sites (tertiary alicyclic amines) is 1. The fourth-order valence-electron chi connectivity index (χ4n) is 5.90. The summed E-state index contributed by atoms with van der Waals surface area (Å²) in [6.07, 6.45) is 3.21. The lowest BCUT2D eigenvalue weighted by Gasteiger charge is -2.19. The monoisotopic (exact) mass is 583 g/mol. The number of rotatable bonds is 9. The van der Waals surface area contributed by atoms with Crippen molar-refractivity contribution >= 4 is 28.7 Å². The van der Waals surface area contributed by atoms with Crippen molar-refractivity contribution in [3.8, 4) is 5.75 Å². The maximum absolute atomic E-state index is 15.7. The number of alkyl halides is 1. The molecule has 216 valence electrons. The summed E-state index contributed by atoms with van der Waals surface area (Å²) in [6, 6.07) is 15.2. The van der Waals surface area contributed by atoms with Crippen LogP contribution in [0.1, 0.15) is 58.3 Å². The van der Waals surface area contributed by atoms with Gasteiger partial charge in [0.15, 0.2) is 0 Å². The largest absolute Gasteiger partial charge is 0.493 e. The van der Waals surface area contributed by atoms with Gasteiger partial charge in [-0.2, -0.15) is 0 Å². The van der Waals surface area contributed by atoms with Gasteiger partial charge in [-0.05, 0) is 102 Å². The summed E-state index contributed by atoms with van der Waals surface area (Å²) in [7, 11) is 1.23. The van der Waals surface area contributed by atoms with Crippen molar-refractivity contribution in [1.82, 2.24) is 4.90 Å². The maximum Gasteiger partial charge on any atom is 0.340 e. The molecule has 3 aromatic rings. The van der Waals surface area contributed by atoms with E-state index in [1.807, 2.05) is 24.3 Å². The van der Waals surface area contributed by atoms with E-state index >= 15 is 4.39 Å². The molecule has 1 atom stereocenters. The minimum Gasteiger partial charge on any atom is -0.493 e. The number of hydrogen-bond acceptors (Lipinski definition) is 4. The van der Waals surface area contributed by atoms with Crippen molar-refractivity contribution in [2.24, 2.45) is 5.92 Å². The second kappa shape index (κ2) is 13.1. The lowest BCUT2D eigenvalue weighted by atomic mass is 9.87. The minimum atomic E-state index is -0.726. The summed E-state index contributed by atoms with van der Waals surface area (Å²) in [5.41, 5.74) is 4.18. The van der Waals surface area contributed by atoms with Crippen LogP contribution in [-0.4, -0.2) is 50.9 Å². The Morgan fingerprint density at radius 1 is 1.05 bits per heavy atom. The van der Waals surface area contributed by atoms with Gasteiger partial charge in [-0.15, -0.1) is 0 Å². The molecule has 0 saturated carbocycles. The van der Waals surface area contributed by atoms with E-state index in [4.69, 9.17) is 21.1 Å². The van der Waals surface area contributed by atoms with Crippen molar-refractivity contribution in [2.45, 2.75) is 32.1 Å². The van der Waals surface area contributed by atoms with Gasteiger partial charge >= 0.3 is 5.97 Å². The van der Waals surface area contributed by atoms with Gasteiger partial charge in [-0.3, -0.25) is 4.39 Å². The summed E-state index contributed by atoms with van der Waals surface area (Å²) >= 11 is 6.53. The van der Waals surface area contributed by atoms with Gasteiger partial charge in [0.05, 0.1) is 31.0 Å². The molecule has 1 aliphatic carbocycles. The van der Waals surface area contributed by atoms with Crippen molar-refractivity contribution in [3.05, 3.63) is 99.1 Å². The Labute approximate surface area is 243 Å². The van der Waals surface area contributed by atoms with Gasteiger partial charge in [0, 0.05) is 19.0 Å². The zero-order valence-electron chi connectivity index (χ0n) is 23.0. The lowest BCUT2D eigenvalue weighted by molar-refractivity contribution is 0.0595. The molecule has 1 heterocycles. The molecular formula is C33H33ClF3NO3. The third kappa shape index (κ3) is 6.47. The van der Waals surface area contributed by atoms with Crippen LogP contribution in [0.5, 0.6) is 5.75 Å². The smallest absolute Gasteiger partial charge is 0.340 e. The molecule has 0 spiro atoms. The molecule has 1 aliphatic heterocycles. The Balaban J connectivity index is 1.49. The number of methoxy groups -OCH3 is 1. The quantitative estimate of drug-likeness (QED) is 0.241. The molecule has 41 heavy (non-hydrogen) atoms. The van der Waals surface area contributed by atoms with Crippen LogP contribution in [0.4, 0.5) is 13.2 Å². The second-order valence-corrected chi connectivity index (χ2v) is 11.0. The average molecular weight is 584 g/mol. The first-order chi connectivity index (χ1) is 19.9. The van der Waals surface area contributed by atoms with Crippen LogP contribution in [0.3, 0.4) is 0 Å². The van der Waals surface area contributed by atoms with Crippen molar-refractivity contribution in [1.29, 1.82) is 0 Å². The number of fused-ring (bicyclic) bond motifs is 1. The van der Waals surface area contributed by atoms with E-state index in [0.29, 0.717) is 54.9 Å². The van der Waals surface area contributed by atoms with Crippen molar-refractivity contribution in [2.75, 3.05) is 40.0 Å². The highest BCUT2D eigenvalue weighted by Gasteiger charge is 2.27. The molecule has 2 aliphatic rings. The summed E-state index contributed by atoms with van der Waals surface area (Å²) in [4.78, 5) is 14.5. The summed E-state index contributed by atoms with van der Waals surface area (Å²) in [5.74, 6) is -0.631. The molecule has 0 radical (unpaired) electrons. The van der Waals surface area contributed by atoms with Crippen LogP contribution in [0.25, 0.3) is 11.1 Å². The van der Waals surface area contributed by atoms with Crippen LogP contribution in [0, 0.1) is 17.6 Å². The van der Waals surface area contributed by atoms with E-state index < -0.39 is 17.6 Å². The predicted molar refractivity (Wildman–Crippen MR) is 155 cm³/mol. The van der Waals surface area contributed by atoms with Gasteiger partial charge in [0.2, 0.25) is 0 Å². The van der Waals surface area contributed by atoms with Crippen LogP contribution in [-0.2, 0) is 11.2 Å². The predicted octanol–water partition coefficient (Wildman–Crippen LogP) is 7.76. The molecule has 0 amide bonds. The van der Waals surface area contributed by atoms with E-state index in [9.17, 15) is 13.6 Å². The first-order valence-corrected chi connectivity index (χ1v) is 14.4. The van der Waals surface area contributed by atoms with Crippen LogP contribution in [0.15, 0.2) is 54.6 Å². The number of allylic oxidation sites excluding steroid dienone is 1. The number of ether oxygens (including phenoxy) is 2. The molecule has 0 N–H and O–H groups in total. The first kappa shape index (κ1) is 29.2. The summed E-state index contributed by atoms with van der Waals surface area (Å²) in [6.45, 7) is 2.93. The van der Waals surface area contributed by atoms with Gasteiger partial charge in [-0.25, -0.2) is 13.6 Å². The average Bonchev–Trinajstić information content (AvgIpc) is 3.34. The fraction of sp³-hybridized carbons (Fsp3) is 0.364. The van der Waals surface area contributed by atoms with Crippen LogP contribution < -0.4 is 4.74 Å². The molecule has 0 bridgehead atoms. The highest BCUT2D eigenvalue weighted by Crippen LogP contribution is 2.43. The second-order valence-electron chi connectivity index (χ2n) is 10.6. The molecule has 1 fully saturated rings. The summed E-state index contributed by atoms with van der Waals surface area (Å²) in [5, 5.41) is 0.282. The van der Waals surface area contributed by atoms with Gasteiger partial charge in [0.25, 0.3) is 0 Å². The normalized spacial score (nSPS) is 17.3. The molecule has 4 nitrogen and oxygen atoms in total. The van der Waals surface area contributed by atoms with E-state index in [1.165, 1.54) is 25.3 Å². The Kier molecular flexibility index (Phi) is 9.35. The zero-order valence-corrected chi connectivity index (χ0v) is 23.8. The maximum atomic E-state index is 15.7. The summed E-state index contributed by atoms with van der Waals surface area (Å²) < 4.78 is 53.0. The number of halogens is 4. The fourth-order valence-corrected chi connectivity index (χ4v) is 6.18. The van der Waals surface area contributed by atoms with Crippen LogP contribution in [0.2, 0.25) is 5.02 Å². The number of esters is 1. The molecule has 0 aromatic heterocycles. The number of hydrogen-bond donors (Lipinski definition) is 0. The van der Waals surface area contributed by atoms with E-state index in [2.05, 4.69) is 4.90 Å². The molecule has 1 saturated heterocycles. The topological polar surface area (TPSA) is 38.8 Å². The highest BCUT2D eigenvalue weighted by molar-refractivity contribution is 6.32. The van der Waals surface area contributed by atoms with Gasteiger partial charge in [0.1, 0.15) is 17.4 Å². The Hall–Kier alpha value is -3.29. The molecule has 3 aromatic carbocycles. The first-order valence-electron chi connectivity index (χ1n) is 14.0. The Morgan fingerprint density at radius 3 is 2.56 bits per heavy atom. The third-order valence-corrected chi connectivity index (χ3v) is 8.25. The Bertz CT molecular complexity index is 1440. The van der Waals surface area contributed by atoms with Crippen LogP contribution >= 0.6 is 11.6 Å². The molecule has 0 unspecified atom stereocenters. The van der Waals surface area contributed by atoms with Crippen molar-refractivity contribution in [3.63, 3.8) is 0 Å². The van der Waals surface area contributed by atoms with E-state index in [0.717, 1.165) is 48.5 Å². The number of benzene rings is 3. The molecular weight excluding hydrogens is 551 g/mol. The SMILES string of the molecule is COC(=O)c1ccc2c(c1F)CCCC(c1ccc(F)cc1Cl)=C2c1ccc(OC[C@H]2CCN(CCCF)C2)cc1. The Morgan fingerprint density at radius 2 is 1.83 bits per heavy atom. The minimum absolute atomic E-state index is 0.104. The molecule has 5 rings (SSSR count). The number of carbonyl (C=O) groups excluding carboxylic acids is 1. The zero-order chi connectivity index (χ0) is 28.9. The highest BCUT2D eigenvalue weighted by atomic mass is 35.5. The standard InChI is InChI=1S/C33H33ClF3NO3/c1-40-33(39)29-13-12-27-28(32(29)37)5-2-4-26(25-11-8-23(36)18-30(25)34)31(27)22-6-9-24(10-7-22)41-20-21-14-17-38(19-21)16-3-15-35/h6-13,18,21H,2-5,14-17,19-20H2,1H3/t21-/m0/s1. The van der Waals surface area contributed by atoms with Gasteiger partial charge < -0.3 is 14.4 Å². The van der Waals surface area contributed by atoms with E-state index in [-0.39, 0.29) is 17.3 Å². The van der Waals surface area contributed by atoms with Gasteiger partial charge in [-0.1, -0.05) is 35.9 Å². The molecule has 8 heteroatoms.